The van der Waals surface area contributed by atoms with Crippen molar-refractivity contribution in [1.29, 1.82) is 0 Å². The largest absolute Gasteiger partial charge is 0.496 e. The number of benzene rings is 2. The summed E-state index contributed by atoms with van der Waals surface area (Å²) in [6.45, 7) is 6.22. The van der Waals surface area contributed by atoms with Crippen molar-refractivity contribution in [3.63, 3.8) is 0 Å². The SMILES string of the molecule is COc1ccc(N2CCN(C)CC2)c2c1CCC(C(=O)Nc1ccccc1C(=O)N1CCOCC1)C2. The summed E-state index contributed by atoms with van der Waals surface area (Å²) >= 11 is 0. The summed E-state index contributed by atoms with van der Waals surface area (Å²) in [4.78, 5) is 33.2. The Morgan fingerprint density at radius 1 is 0.972 bits per heavy atom. The smallest absolute Gasteiger partial charge is 0.256 e. The van der Waals surface area contributed by atoms with Crippen molar-refractivity contribution in [2.75, 3.05) is 76.9 Å². The van der Waals surface area contributed by atoms with E-state index in [1.165, 1.54) is 16.8 Å². The Kier molecular flexibility index (Phi) is 7.43. The Bertz CT molecular complexity index is 1110. The summed E-state index contributed by atoms with van der Waals surface area (Å²) < 4.78 is 11.1. The lowest BCUT2D eigenvalue weighted by molar-refractivity contribution is -0.120. The predicted octanol–water partition coefficient (Wildman–Crippen LogP) is 2.66. The number of hydrogen-bond donors (Lipinski definition) is 1. The van der Waals surface area contributed by atoms with Gasteiger partial charge in [0.2, 0.25) is 5.91 Å². The van der Waals surface area contributed by atoms with Gasteiger partial charge < -0.3 is 29.5 Å². The topological polar surface area (TPSA) is 74.4 Å². The fourth-order valence-corrected chi connectivity index (χ4v) is 5.54. The molecule has 2 aromatic rings. The summed E-state index contributed by atoms with van der Waals surface area (Å²) in [5.41, 5.74) is 4.78. The van der Waals surface area contributed by atoms with E-state index in [4.69, 9.17) is 9.47 Å². The zero-order valence-corrected chi connectivity index (χ0v) is 21.3. The lowest BCUT2D eigenvalue weighted by Gasteiger charge is -2.37. The zero-order chi connectivity index (χ0) is 25.1. The molecular weight excluding hydrogens is 456 g/mol. The molecular formula is C28H36N4O4. The fraction of sp³-hybridized carbons (Fsp3) is 0.500. The molecule has 8 heteroatoms. The molecule has 0 radical (unpaired) electrons. The highest BCUT2D eigenvalue weighted by Crippen LogP contribution is 2.39. The number of morpholine rings is 1. The normalized spacial score (nSPS) is 20.6. The summed E-state index contributed by atoms with van der Waals surface area (Å²) in [7, 11) is 3.87. The molecule has 0 bridgehead atoms. The van der Waals surface area contributed by atoms with Crippen LogP contribution in [0.4, 0.5) is 11.4 Å². The van der Waals surface area contributed by atoms with Crippen LogP contribution in [0.15, 0.2) is 36.4 Å². The number of nitrogens with one attached hydrogen (secondary N) is 1. The molecule has 5 rings (SSSR count). The van der Waals surface area contributed by atoms with Gasteiger partial charge in [0.15, 0.2) is 0 Å². The van der Waals surface area contributed by atoms with Gasteiger partial charge in [-0.2, -0.15) is 0 Å². The number of nitrogens with zero attached hydrogens (tertiary/aromatic N) is 3. The Hall–Kier alpha value is -3.10. The van der Waals surface area contributed by atoms with Crippen molar-refractivity contribution < 1.29 is 19.1 Å². The molecule has 2 fully saturated rings. The summed E-state index contributed by atoms with van der Waals surface area (Å²) in [5.74, 6) is 0.644. The highest BCUT2D eigenvalue weighted by atomic mass is 16.5. The molecule has 1 unspecified atom stereocenters. The number of carbonyl (C=O) groups excluding carboxylic acids is 2. The first-order chi connectivity index (χ1) is 17.5. The minimum Gasteiger partial charge on any atom is -0.496 e. The molecule has 2 saturated heterocycles. The van der Waals surface area contributed by atoms with E-state index >= 15 is 0 Å². The fourth-order valence-electron chi connectivity index (χ4n) is 5.54. The average Bonchev–Trinajstić information content (AvgIpc) is 2.93. The summed E-state index contributed by atoms with van der Waals surface area (Å²) in [6.07, 6.45) is 2.22. The molecule has 0 aromatic heterocycles. The third kappa shape index (κ3) is 5.06. The molecule has 0 saturated carbocycles. The third-order valence-electron chi connectivity index (χ3n) is 7.71. The first kappa shape index (κ1) is 24.6. The summed E-state index contributed by atoms with van der Waals surface area (Å²) in [6, 6.07) is 11.5. The maximum Gasteiger partial charge on any atom is 0.256 e. The maximum atomic E-state index is 13.5. The van der Waals surface area contributed by atoms with Gasteiger partial charge in [-0.15, -0.1) is 0 Å². The zero-order valence-electron chi connectivity index (χ0n) is 21.3. The van der Waals surface area contributed by atoms with Gasteiger partial charge in [0.25, 0.3) is 5.91 Å². The number of amides is 2. The third-order valence-corrected chi connectivity index (χ3v) is 7.71. The second-order valence-electron chi connectivity index (χ2n) is 9.91. The molecule has 2 aromatic carbocycles. The van der Waals surface area contributed by atoms with Crippen molar-refractivity contribution in [2.45, 2.75) is 19.3 Å². The predicted molar refractivity (Wildman–Crippen MR) is 140 cm³/mol. The van der Waals surface area contributed by atoms with Gasteiger partial charge in [-0.05, 0) is 61.7 Å². The van der Waals surface area contributed by atoms with Crippen LogP contribution < -0.4 is 15.0 Å². The highest BCUT2D eigenvalue weighted by Gasteiger charge is 2.31. The van der Waals surface area contributed by atoms with Crippen LogP contribution in [0, 0.1) is 5.92 Å². The number of anilines is 2. The van der Waals surface area contributed by atoms with Gasteiger partial charge in [0.05, 0.1) is 31.6 Å². The van der Waals surface area contributed by atoms with Crippen molar-refractivity contribution >= 4 is 23.2 Å². The van der Waals surface area contributed by atoms with Crippen molar-refractivity contribution in [2.24, 2.45) is 5.92 Å². The number of likely N-dealkylation sites (N-methyl/N-ethyl adjacent to an activating group) is 1. The van der Waals surface area contributed by atoms with Crippen LogP contribution in [-0.4, -0.2) is 88.3 Å². The molecule has 1 aliphatic carbocycles. The minimum absolute atomic E-state index is 0.0324. The Balaban J connectivity index is 1.35. The van der Waals surface area contributed by atoms with Crippen LogP contribution >= 0.6 is 0 Å². The van der Waals surface area contributed by atoms with Crippen LogP contribution in [0.3, 0.4) is 0 Å². The first-order valence-electron chi connectivity index (χ1n) is 12.9. The Morgan fingerprint density at radius 3 is 2.47 bits per heavy atom. The molecule has 0 spiro atoms. The Morgan fingerprint density at radius 2 is 1.72 bits per heavy atom. The van der Waals surface area contributed by atoms with Gasteiger partial charge in [-0.3, -0.25) is 9.59 Å². The van der Waals surface area contributed by atoms with Gasteiger partial charge in [0, 0.05) is 50.9 Å². The number of ether oxygens (including phenoxy) is 2. The van der Waals surface area contributed by atoms with Crippen molar-refractivity contribution in [1.82, 2.24) is 9.80 Å². The van der Waals surface area contributed by atoms with Crippen LogP contribution in [0.1, 0.15) is 27.9 Å². The van der Waals surface area contributed by atoms with E-state index in [-0.39, 0.29) is 17.7 Å². The average molecular weight is 493 g/mol. The standard InChI is InChI=1S/C28H36N4O4/c1-30-11-13-31(14-12-30)25-9-10-26(35-2)21-8-7-20(19-23(21)25)27(33)29-24-6-4-3-5-22(24)28(34)32-15-17-36-18-16-32/h3-6,9-10,20H,7-8,11-19H2,1-2H3,(H,29,33). The monoisotopic (exact) mass is 492 g/mol. The summed E-state index contributed by atoms with van der Waals surface area (Å²) in [5, 5.41) is 3.10. The molecule has 8 nitrogen and oxygen atoms in total. The molecule has 1 atom stereocenters. The first-order valence-corrected chi connectivity index (χ1v) is 12.9. The molecule has 2 aliphatic heterocycles. The highest BCUT2D eigenvalue weighted by molar-refractivity contribution is 6.04. The van der Waals surface area contributed by atoms with Crippen LogP contribution in [0.2, 0.25) is 0 Å². The molecule has 2 heterocycles. The van der Waals surface area contributed by atoms with E-state index in [0.717, 1.165) is 44.8 Å². The second kappa shape index (κ2) is 10.9. The number of fused-ring (bicyclic) bond motifs is 1. The van der Waals surface area contributed by atoms with Gasteiger partial charge in [-0.25, -0.2) is 0 Å². The van der Waals surface area contributed by atoms with E-state index in [1.807, 2.05) is 18.2 Å². The van der Waals surface area contributed by atoms with Crippen LogP contribution in [-0.2, 0) is 22.4 Å². The molecule has 36 heavy (non-hydrogen) atoms. The number of methoxy groups -OCH3 is 1. The quantitative estimate of drug-likeness (QED) is 0.692. The van der Waals surface area contributed by atoms with Gasteiger partial charge >= 0.3 is 0 Å². The van der Waals surface area contributed by atoms with E-state index in [2.05, 4.69) is 34.3 Å². The number of piperazine rings is 1. The van der Waals surface area contributed by atoms with E-state index < -0.39 is 0 Å². The molecule has 3 aliphatic rings. The van der Waals surface area contributed by atoms with Crippen LogP contribution in [0.5, 0.6) is 5.75 Å². The second-order valence-corrected chi connectivity index (χ2v) is 9.91. The number of rotatable bonds is 5. The van der Waals surface area contributed by atoms with Gasteiger partial charge in [-0.1, -0.05) is 12.1 Å². The van der Waals surface area contributed by atoms with E-state index in [9.17, 15) is 9.59 Å². The Labute approximate surface area is 213 Å². The molecule has 1 N–H and O–H groups in total. The number of para-hydroxylation sites is 1. The molecule has 192 valence electrons. The van der Waals surface area contributed by atoms with E-state index in [0.29, 0.717) is 44.0 Å². The van der Waals surface area contributed by atoms with Crippen molar-refractivity contribution in [3.05, 3.63) is 53.1 Å². The lowest BCUT2D eigenvalue weighted by atomic mass is 9.81. The minimum atomic E-state index is -0.164. The van der Waals surface area contributed by atoms with Gasteiger partial charge in [0.1, 0.15) is 5.75 Å². The van der Waals surface area contributed by atoms with E-state index in [1.54, 1.807) is 18.1 Å². The molecule has 2 amide bonds. The van der Waals surface area contributed by atoms with Crippen molar-refractivity contribution in [3.8, 4) is 5.75 Å². The maximum absolute atomic E-state index is 13.5. The number of carbonyl (C=O) groups is 2. The number of hydrogen-bond acceptors (Lipinski definition) is 6. The lowest BCUT2D eigenvalue weighted by Crippen LogP contribution is -2.45. The van der Waals surface area contributed by atoms with Crippen LogP contribution in [0.25, 0.3) is 0 Å².